The van der Waals surface area contributed by atoms with Crippen molar-refractivity contribution in [3.05, 3.63) is 17.9 Å². The Morgan fingerprint density at radius 1 is 1.44 bits per heavy atom. The largest absolute Gasteiger partial charge is 0.760 e. The number of aliphatic hydroxyl groups excluding tert-OH is 2. The first-order valence-electron chi connectivity index (χ1n) is 4.59. The van der Waals surface area contributed by atoms with Gasteiger partial charge < -0.3 is 25.5 Å². The quantitative estimate of drug-likeness (QED) is 0.575. The fraction of sp³-hybridized carbons (Fsp3) is 0.375. The number of imidazole rings is 1. The number of aromatic nitrogens is 4. The molecule has 0 aliphatic heterocycles. The van der Waals surface area contributed by atoms with E-state index in [1.807, 2.05) is 0 Å². The van der Waals surface area contributed by atoms with Gasteiger partial charge in [-0.2, -0.15) is 0 Å². The molecule has 0 saturated heterocycles. The highest BCUT2D eigenvalue weighted by atomic mass is 16.5. The lowest BCUT2D eigenvalue weighted by Crippen LogP contribution is -2.19. The van der Waals surface area contributed by atoms with Gasteiger partial charge in [0.25, 0.3) is 0 Å². The van der Waals surface area contributed by atoms with Crippen LogP contribution in [-0.2, 0) is 6.54 Å². The summed E-state index contributed by atoms with van der Waals surface area (Å²) in [6.45, 7) is -0.195. The van der Waals surface area contributed by atoms with Gasteiger partial charge in [0, 0.05) is 0 Å². The molecule has 0 fully saturated rings. The second-order valence-corrected chi connectivity index (χ2v) is 3.23. The number of anilines is 1. The molecule has 2 aromatic heterocycles. The van der Waals surface area contributed by atoms with E-state index < -0.39 is 6.10 Å². The molecule has 3 N–H and O–H groups in total. The van der Waals surface area contributed by atoms with Gasteiger partial charge in [0.15, 0.2) is 5.65 Å². The normalized spacial score (nSPS) is 12.9. The molecule has 1 unspecified atom stereocenters. The van der Waals surface area contributed by atoms with Crippen molar-refractivity contribution in [2.24, 2.45) is 0 Å². The smallest absolute Gasteiger partial charge is 0.165 e. The van der Waals surface area contributed by atoms with Gasteiger partial charge in [-0.25, -0.2) is 15.0 Å². The van der Waals surface area contributed by atoms with E-state index in [0.717, 1.165) is 0 Å². The Morgan fingerprint density at radius 2 is 2.25 bits per heavy atom. The van der Waals surface area contributed by atoms with Crippen molar-refractivity contribution in [1.82, 2.24) is 19.5 Å². The Morgan fingerprint density at radius 3 is 2.94 bits per heavy atom. The van der Waals surface area contributed by atoms with Gasteiger partial charge in [0.1, 0.15) is 17.7 Å². The molecule has 0 radical (unpaired) electrons. The number of nitrogens with zero attached hydrogens (tertiary/aromatic N) is 4. The van der Waals surface area contributed by atoms with Crippen molar-refractivity contribution >= 4 is 17.0 Å². The summed E-state index contributed by atoms with van der Waals surface area (Å²) in [4.78, 5) is 11.6. The summed E-state index contributed by atoms with van der Waals surface area (Å²) in [5, 5.41) is 28.6. The number of hydrogen-bond donors (Lipinski definition) is 3. The van der Waals surface area contributed by atoms with Crippen molar-refractivity contribution in [2.45, 2.75) is 12.6 Å². The maximum atomic E-state index is 10.6. The van der Waals surface area contributed by atoms with Gasteiger partial charge in [0.05, 0.1) is 25.6 Å². The van der Waals surface area contributed by atoms with Crippen molar-refractivity contribution in [3.63, 3.8) is 0 Å². The van der Waals surface area contributed by atoms with Gasteiger partial charge in [0.2, 0.25) is 0 Å². The van der Waals surface area contributed by atoms with Crippen LogP contribution in [0.3, 0.4) is 0 Å². The Bertz CT molecular complexity index is 485. The average Bonchev–Trinajstić information content (AvgIpc) is 2.72. The van der Waals surface area contributed by atoms with E-state index in [0.29, 0.717) is 11.2 Å². The number of rotatable bonds is 4. The van der Waals surface area contributed by atoms with Crippen molar-refractivity contribution in [2.75, 3.05) is 12.1 Å². The topological polar surface area (TPSA) is 119 Å². The fourth-order valence-corrected chi connectivity index (χ4v) is 1.37. The fourth-order valence-electron chi connectivity index (χ4n) is 1.37. The Balaban J connectivity index is 2.41. The molecular formula is C8H10N5O3-. The van der Waals surface area contributed by atoms with Crippen molar-refractivity contribution in [1.29, 1.82) is 0 Å². The highest BCUT2D eigenvalue weighted by Crippen LogP contribution is 2.16. The monoisotopic (exact) mass is 224 g/mol. The second kappa shape index (κ2) is 4.39. The SMILES string of the molecule is [O-]Nc1ncnc2c1ncn2CC(O)CO. The minimum atomic E-state index is -0.893. The zero-order valence-electron chi connectivity index (χ0n) is 8.24. The maximum absolute atomic E-state index is 10.6. The molecule has 0 aliphatic carbocycles. The zero-order valence-corrected chi connectivity index (χ0v) is 8.24. The van der Waals surface area contributed by atoms with Crippen LogP contribution < -0.4 is 5.48 Å². The molecule has 8 heteroatoms. The molecule has 86 valence electrons. The van der Waals surface area contributed by atoms with Gasteiger partial charge in [-0.3, -0.25) is 0 Å². The highest BCUT2D eigenvalue weighted by Gasteiger charge is 2.10. The van der Waals surface area contributed by atoms with E-state index in [4.69, 9.17) is 5.11 Å². The predicted molar refractivity (Wildman–Crippen MR) is 55.4 cm³/mol. The van der Waals surface area contributed by atoms with Crippen LogP contribution in [0.1, 0.15) is 0 Å². The second-order valence-electron chi connectivity index (χ2n) is 3.23. The summed E-state index contributed by atoms with van der Waals surface area (Å²) < 4.78 is 1.54. The van der Waals surface area contributed by atoms with Crippen LogP contribution in [0.5, 0.6) is 0 Å². The summed E-state index contributed by atoms with van der Waals surface area (Å²) >= 11 is 0. The van der Waals surface area contributed by atoms with E-state index >= 15 is 0 Å². The third-order valence-corrected chi connectivity index (χ3v) is 2.12. The molecule has 0 bridgehead atoms. The van der Waals surface area contributed by atoms with Crippen LogP contribution in [-0.4, -0.2) is 42.4 Å². The van der Waals surface area contributed by atoms with Crippen LogP contribution in [0, 0.1) is 5.21 Å². The summed E-state index contributed by atoms with van der Waals surface area (Å²) in [6, 6.07) is 0. The van der Waals surface area contributed by atoms with Crippen molar-refractivity contribution in [3.8, 4) is 0 Å². The molecule has 0 aliphatic rings. The van der Waals surface area contributed by atoms with Gasteiger partial charge >= 0.3 is 0 Å². The van der Waals surface area contributed by atoms with Crippen LogP contribution in [0.2, 0.25) is 0 Å². The molecular weight excluding hydrogens is 214 g/mol. The lowest BCUT2D eigenvalue weighted by atomic mass is 10.4. The first-order valence-corrected chi connectivity index (χ1v) is 4.59. The summed E-state index contributed by atoms with van der Waals surface area (Å²) in [7, 11) is 0. The molecule has 2 heterocycles. The third kappa shape index (κ3) is 1.81. The standard InChI is InChI=1S/C8H10N5O3/c14-2-5(15)1-13-4-11-6-7(12-16)9-3-10-8(6)13/h3-5,14-15H,1-2H2,(H-,9,10,12,16)/q-1. The minimum absolute atomic E-state index is 0.0854. The molecule has 0 spiro atoms. The Labute approximate surface area is 90.2 Å². The molecule has 0 aromatic carbocycles. The van der Waals surface area contributed by atoms with Gasteiger partial charge in [-0.15, -0.1) is 0 Å². The Kier molecular flexibility index (Phi) is 2.95. The third-order valence-electron chi connectivity index (χ3n) is 2.12. The number of hydrogen-bond acceptors (Lipinski definition) is 7. The Hall–Kier alpha value is -1.77. The van der Waals surface area contributed by atoms with Crippen LogP contribution in [0.15, 0.2) is 12.7 Å². The first kappa shape index (κ1) is 10.7. The van der Waals surface area contributed by atoms with E-state index in [1.54, 1.807) is 10.0 Å². The van der Waals surface area contributed by atoms with E-state index in [2.05, 4.69) is 15.0 Å². The lowest BCUT2D eigenvalue weighted by Gasteiger charge is -2.09. The predicted octanol–water partition coefficient (Wildman–Crippen LogP) is -0.911. The molecule has 2 rings (SSSR count). The zero-order chi connectivity index (χ0) is 11.5. The maximum Gasteiger partial charge on any atom is 0.165 e. The average molecular weight is 224 g/mol. The van der Waals surface area contributed by atoms with E-state index in [9.17, 15) is 10.3 Å². The summed E-state index contributed by atoms with van der Waals surface area (Å²) in [5.74, 6) is 0.0854. The number of nitrogens with one attached hydrogen (secondary N) is 1. The van der Waals surface area contributed by atoms with Crippen LogP contribution >= 0.6 is 0 Å². The lowest BCUT2D eigenvalue weighted by molar-refractivity contribution is 0.0820. The number of aliphatic hydroxyl groups is 2. The summed E-state index contributed by atoms with van der Waals surface area (Å²) in [6.07, 6.45) is 1.77. The van der Waals surface area contributed by atoms with Crippen molar-refractivity contribution < 1.29 is 10.2 Å². The van der Waals surface area contributed by atoms with E-state index in [1.165, 1.54) is 12.7 Å². The summed E-state index contributed by atoms with van der Waals surface area (Å²) in [5.41, 5.74) is 2.43. The minimum Gasteiger partial charge on any atom is -0.760 e. The molecule has 1 atom stereocenters. The van der Waals surface area contributed by atoms with Gasteiger partial charge in [-0.05, 0) is 0 Å². The van der Waals surface area contributed by atoms with E-state index in [-0.39, 0.29) is 19.0 Å². The molecule has 16 heavy (non-hydrogen) atoms. The molecule has 2 aromatic rings. The molecule has 0 amide bonds. The number of fused-ring (bicyclic) bond motifs is 1. The molecule has 0 saturated carbocycles. The first-order chi connectivity index (χ1) is 7.76. The van der Waals surface area contributed by atoms with Gasteiger partial charge in [-0.1, -0.05) is 0 Å². The highest BCUT2D eigenvalue weighted by molar-refractivity contribution is 5.82. The van der Waals surface area contributed by atoms with Crippen LogP contribution in [0.25, 0.3) is 11.2 Å². The molecule has 8 nitrogen and oxygen atoms in total. The van der Waals surface area contributed by atoms with Crippen LogP contribution in [0.4, 0.5) is 5.82 Å².